The number of nitrogens with one attached hydrogen (secondary N) is 2. The molecule has 0 saturated carbocycles. The van der Waals surface area contributed by atoms with Gasteiger partial charge in [0.2, 0.25) is 21.8 Å². The van der Waals surface area contributed by atoms with Gasteiger partial charge in [0, 0.05) is 57.4 Å². The van der Waals surface area contributed by atoms with E-state index in [0.717, 1.165) is 11.9 Å². The zero-order valence-electron chi connectivity index (χ0n) is 17.3. The highest BCUT2D eigenvalue weighted by molar-refractivity contribution is 7.88. The molecule has 3 rings (SSSR count). The molecule has 1 aromatic rings. The summed E-state index contributed by atoms with van der Waals surface area (Å²) in [4.78, 5) is 29.1. The Kier molecular flexibility index (Phi) is 6.30. The predicted molar refractivity (Wildman–Crippen MR) is 107 cm³/mol. The second kappa shape index (κ2) is 8.41. The Balaban J connectivity index is 1.78. The van der Waals surface area contributed by atoms with E-state index in [0.29, 0.717) is 26.1 Å². The molecule has 2 fully saturated rings. The fourth-order valence-corrected chi connectivity index (χ4v) is 4.83. The molecule has 2 aliphatic heterocycles. The highest BCUT2D eigenvalue weighted by Crippen LogP contribution is 2.27. The van der Waals surface area contributed by atoms with Gasteiger partial charge in [-0.15, -0.1) is 0 Å². The highest BCUT2D eigenvalue weighted by Gasteiger charge is 2.46. The Morgan fingerprint density at radius 2 is 2.07 bits per heavy atom. The third kappa shape index (κ3) is 5.14. The first-order valence-corrected chi connectivity index (χ1v) is 11.7. The molecule has 10 nitrogen and oxygen atoms in total. The highest BCUT2D eigenvalue weighted by atomic mass is 32.2. The van der Waals surface area contributed by atoms with Crippen LogP contribution in [0, 0.1) is 5.92 Å². The monoisotopic (exact) mass is 426 g/mol. The maximum Gasteiger partial charge on any atom is 0.242 e. The molecule has 2 aliphatic rings. The number of rotatable bonds is 7. The van der Waals surface area contributed by atoms with Gasteiger partial charge in [0.1, 0.15) is 6.04 Å². The molecule has 162 valence electrons. The number of aromatic nitrogens is 2. The molecule has 0 aromatic carbocycles. The van der Waals surface area contributed by atoms with E-state index >= 15 is 0 Å². The Morgan fingerprint density at radius 1 is 1.34 bits per heavy atom. The number of nitrogens with zero attached hydrogens (tertiary/aromatic N) is 4. The van der Waals surface area contributed by atoms with Crippen molar-refractivity contribution in [3.63, 3.8) is 0 Å². The van der Waals surface area contributed by atoms with Gasteiger partial charge in [-0.1, -0.05) is 13.8 Å². The minimum absolute atomic E-state index is 0.0629. The van der Waals surface area contributed by atoms with Crippen molar-refractivity contribution in [2.24, 2.45) is 13.0 Å². The number of carbonyl (C=O) groups excluding carboxylic acids is 2. The first-order chi connectivity index (χ1) is 13.5. The molecular weight excluding hydrogens is 396 g/mol. The third-order valence-corrected chi connectivity index (χ3v) is 6.29. The molecule has 0 aliphatic carbocycles. The molecule has 1 aromatic heterocycles. The summed E-state index contributed by atoms with van der Waals surface area (Å²) in [5.74, 6) is -0.342. The lowest BCUT2D eigenvalue weighted by Gasteiger charge is -2.42. The summed E-state index contributed by atoms with van der Waals surface area (Å²) in [7, 11) is -1.49. The van der Waals surface area contributed by atoms with Gasteiger partial charge in [-0.3, -0.25) is 19.2 Å². The number of sulfonamides is 1. The van der Waals surface area contributed by atoms with Crippen molar-refractivity contribution in [2.45, 2.75) is 44.9 Å². The van der Waals surface area contributed by atoms with Crippen molar-refractivity contribution < 1.29 is 18.0 Å². The minimum atomic E-state index is -3.34. The molecule has 3 heterocycles. The van der Waals surface area contributed by atoms with Crippen LogP contribution in [0.3, 0.4) is 0 Å². The molecule has 2 saturated heterocycles. The summed E-state index contributed by atoms with van der Waals surface area (Å²) in [6.07, 6.45) is 3.42. The summed E-state index contributed by atoms with van der Waals surface area (Å²) in [6.45, 7) is 5.33. The third-order valence-electron chi connectivity index (χ3n) is 5.53. The molecule has 11 heteroatoms. The lowest BCUT2D eigenvalue weighted by molar-refractivity contribution is -0.144. The average molecular weight is 427 g/mol. The van der Waals surface area contributed by atoms with E-state index in [9.17, 15) is 18.0 Å². The van der Waals surface area contributed by atoms with E-state index in [-0.39, 0.29) is 36.4 Å². The fraction of sp³-hybridized carbons (Fsp3) is 0.722. The van der Waals surface area contributed by atoms with Crippen molar-refractivity contribution >= 4 is 21.8 Å². The van der Waals surface area contributed by atoms with Crippen LogP contribution in [0.4, 0.5) is 0 Å². The van der Waals surface area contributed by atoms with Gasteiger partial charge in [-0.05, 0) is 12.5 Å². The molecule has 0 unspecified atom stereocenters. The van der Waals surface area contributed by atoms with Crippen LogP contribution in [0.5, 0.6) is 0 Å². The number of amides is 2. The fourth-order valence-electron chi connectivity index (χ4n) is 4.05. The van der Waals surface area contributed by atoms with Crippen LogP contribution < -0.4 is 10.0 Å². The van der Waals surface area contributed by atoms with Crippen molar-refractivity contribution in [3.8, 4) is 0 Å². The number of aryl methyl sites for hydroxylation is 1. The van der Waals surface area contributed by atoms with Crippen LogP contribution in [0.15, 0.2) is 12.3 Å². The number of fused-ring (bicyclic) bond motifs is 1. The first-order valence-electron chi connectivity index (χ1n) is 9.81. The first kappa shape index (κ1) is 21.7. The van der Waals surface area contributed by atoms with Crippen LogP contribution in [0.25, 0.3) is 0 Å². The van der Waals surface area contributed by atoms with Gasteiger partial charge in [-0.2, -0.15) is 5.10 Å². The Bertz CT molecular complexity index is 867. The van der Waals surface area contributed by atoms with Crippen molar-refractivity contribution in [1.82, 2.24) is 29.6 Å². The summed E-state index contributed by atoms with van der Waals surface area (Å²) < 4.78 is 27.6. The predicted octanol–water partition coefficient (Wildman–Crippen LogP) is -1.10. The lowest BCUT2D eigenvalue weighted by atomic mass is 10.0. The van der Waals surface area contributed by atoms with Crippen molar-refractivity contribution in [3.05, 3.63) is 18.0 Å². The molecule has 0 bridgehead atoms. The van der Waals surface area contributed by atoms with E-state index in [4.69, 9.17) is 0 Å². The van der Waals surface area contributed by atoms with Crippen LogP contribution in [0.1, 0.15) is 26.0 Å². The van der Waals surface area contributed by atoms with E-state index < -0.39 is 16.1 Å². The van der Waals surface area contributed by atoms with Crippen LogP contribution >= 0.6 is 0 Å². The van der Waals surface area contributed by atoms with E-state index in [1.807, 2.05) is 27.0 Å². The Morgan fingerprint density at radius 3 is 2.66 bits per heavy atom. The molecule has 2 N–H and O–H groups in total. The molecule has 3 atom stereocenters. The number of carbonyl (C=O) groups is 2. The molecule has 0 radical (unpaired) electrons. The standard InChI is InChI=1S/C18H30N6O4S/c1-12(2)17(25)19-8-16-18(26)24-9-13(21-29(4,27)28)7-15(24)11-23(16)10-14-5-6-20-22(14)3/h5-6,12-13,15-16,21H,7-11H2,1-4H3,(H,19,25)/t13-,15-,16-/m0/s1. The second-order valence-electron chi connectivity index (χ2n) is 8.26. The normalized spacial score (nSPS) is 25.5. The van der Waals surface area contributed by atoms with Crippen LogP contribution in [0.2, 0.25) is 0 Å². The van der Waals surface area contributed by atoms with E-state index in [2.05, 4.69) is 20.0 Å². The van der Waals surface area contributed by atoms with Gasteiger partial charge < -0.3 is 10.2 Å². The molecule has 0 spiro atoms. The topological polar surface area (TPSA) is 117 Å². The summed E-state index contributed by atoms with van der Waals surface area (Å²) in [5.41, 5.74) is 0.968. The zero-order valence-corrected chi connectivity index (χ0v) is 18.1. The SMILES string of the molecule is CC(C)C(=O)NC[C@H]1C(=O)N2C[C@@H](NS(C)(=O)=O)C[C@H]2CN1Cc1ccnn1C. The smallest absolute Gasteiger partial charge is 0.242 e. The Labute approximate surface area is 171 Å². The largest absolute Gasteiger partial charge is 0.354 e. The minimum Gasteiger partial charge on any atom is -0.354 e. The van der Waals surface area contributed by atoms with Gasteiger partial charge in [0.25, 0.3) is 0 Å². The summed E-state index contributed by atoms with van der Waals surface area (Å²) >= 11 is 0. The average Bonchev–Trinajstić information content (AvgIpc) is 3.19. The van der Waals surface area contributed by atoms with Crippen LogP contribution in [-0.4, -0.2) is 83.8 Å². The maximum absolute atomic E-state index is 13.3. The number of hydrogen-bond donors (Lipinski definition) is 2. The lowest BCUT2D eigenvalue weighted by Crippen LogP contribution is -2.62. The molecular formula is C18H30N6O4S. The zero-order chi connectivity index (χ0) is 21.3. The second-order valence-corrected chi connectivity index (χ2v) is 10.0. The van der Waals surface area contributed by atoms with Crippen molar-refractivity contribution in [2.75, 3.05) is 25.9 Å². The summed E-state index contributed by atoms with van der Waals surface area (Å²) in [6, 6.07) is 1.05. The maximum atomic E-state index is 13.3. The summed E-state index contributed by atoms with van der Waals surface area (Å²) in [5, 5.41) is 7.06. The van der Waals surface area contributed by atoms with Gasteiger partial charge >= 0.3 is 0 Å². The van der Waals surface area contributed by atoms with Gasteiger partial charge in [-0.25, -0.2) is 13.1 Å². The number of hydrogen-bond acceptors (Lipinski definition) is 6. The van der Waals surface area contributed by atoms with E-state index in [1.54, 1.807) is 15.8 Å². The molecule has 2 amide bonds. The number of piperazine rings is 1. The quantitative estimate of drug-likeness (QED) is 0.571. The van der Waals surface area contributed by atoms with Crippen LogP contribution in [-0.2, 0) is 33.2 Å². The Hall–Kier alpha value is -1.98. The van der Waals surface area contributed by atoms with E-state index in [1.165, 1.54) is 0 Å². The van der Waals surface area contributed by atoms with Gasteiger partial charge in [0.15, 0.2) is 0 Å². The van der Waals surface area contributed by atoms with Gasteiger partial charge in [0.05, 0.1) is 11.9 Å². The van der Waals surface area contributed by atoms with Crippen molar-refractivity contribution in [1.29, 1.82) is 0 Å². The molecule has 29 heavy (non-hydrogen) atoms.